The van der Waals surface area contributed by atoms with Crippen molar-refractivity contribution in [3.05, 3.63) is 54.1 Å². The zero-order valence-electron chi connectivity index (χ0n) is 13.2. The summed E-state index contributed by atoms with van der Waals surface area (Å²) < 4.78 is 5.30. The van der Waals surface area contributed by atoms with Crippen LogP contribution in [0.4, 0.5) is 11.4 Å². The average Bonchev–Trinajstić information content (AvgIpc) is 2.60. The monoisotopic (exact) mass is 342 g/mol. The molecule has 0 fully saturated rings. The molecule has 2 aromatic carbocycles. The Hall–Kier alpha value is -2.47. The summed E-state index contributed by atoms with van der Waals surface area (Å²) in [6, 6.07) is 15.3. The molecule has 1 unspecified atom stereocenters. The summed E-state index contributed by atoms with van der Waals surface area (Å²) in [4.78, 5) is 23.7. The number of carbonyl (C=O) groups is 2. The van der Waals surface area contributed by atoms with Gasteiger partial charge < -0.3 is 15.4 Å². The summed E-state index contributed by atoms with van der Waals surface area (Å²) in [5.74, 6) is 1.12. The van der Waals surface area contributed by atoms with Crippen molar-refractivity contribution in [1.29, 1.82) is 0 Å². The van der Waals surface area contributed by atoms with Gasteiger partial charge in [-0.2, -0.15) is 0 Å². The second-order valence-electron chi connectivity index (χ2n) is 5.48. The minimum absolute atomic E-state index is 0.0197. The van der Waals surface area contributed by atoms with Crippen molar-refractivity contribution < 1.29 is 14.3 Å². The predicted octanol–water partition coefficient (Wildman–Crippen LogP) is 3.28. The van der Waals surface area contributed by atoms with E-state index < -0.39 is 0 Å². The Morgan fingerprint density at radius 3 is 2.88 bits per heavy atom. The van der Waals surface area contributed by atoms with Gasteiger partial charge in [0.05, 0.1) is 10.9 Å². The highest BCUT2D eigenvalue weighted by Gasteiger charge is 2.18. The van der Waals surface area contributed by atoms with Crippen molar-refractivity contribution in [3.63, 3.8) is 0 Å². The lowest BCUT2D eigenvalue weighted by Crippen LogP contribution is -2.26. The van der Waals surface area contributed by atoms with Gasteiger partial charge in [0, 0.05) is 11.4 Å². The Kier molecular flexibility index (Phi) is 5.05. The van der Waals surface area contributed by atoms with Gasteiger partial charge in [0.25, 0.3) is 5.91 Å². The van der Waals surface area contributed by atoms with E-state index in [9.17, 15) is 9.59 Å². The molecule has 0 aromatic heterocycles. The fourth-order valence-electron chi connectivity index (χ4n) is 2.28. The van der Waals surface area contributed by atoms with Crippen LogP contribution in [0.5, 0.6) is 5.75 Å². The van der Waals surface area contributed by atoms with Gasteiger partial charge in [0.2, 0.25) is 5.91 Å². The van der Waals surface area contributed by atoms with E-state index in [-0.39, 0.29) is 23.7 Å². The molecule has 2 aromatic rings. The van der Waals surface area contributed by atoms with Crippen LogP contribution in [0, 0.1) is 0 Å². The van der Waals surface area contributed by atoms with Crippen molar-refractivity contribution in [3.8, 4) is 5.75 Å². The first-order chi connectivity index (χ1) is 11.6. The Balaban J connectivity index is 1.58. The second-order valence-corrected chi connectivity index (χ2v) is 6.80. The van der Waals surface area contributed by atoms with E-state index in [1.54, 1.807) is 30.0 Å². The number of hydrogen-bond acceptors (Lipinski definition) is 4. The van der Waals surface area contributed by atoms with Crippen LogP contribution in [0.25, 0.3) is 0 Å². The molecule has 124 valence electrons. The minimum Gasteiger partial charge on any atom is -0.482 e. The highest BCUT2D eigenvalue weighted by atomic mass is 32.2. The maximum absolute atomic E-state index is 12.3. The molecule has 1 aliphatic heterocycles. The third kappa shape index (κ3) is 4.08. The van der Waals surface area contributed by atoms with Crippen LogP contribution >= 0.6 is 11.8 Å². The van der Waals surface area contributed by atoms with Crippen molar-refractivity contribution in [2.24, 2.45) is 0 Å². The number of amides is 2. The Morgan fingerprint density at radius 2 is 2.08 bits per heavy atom. The molecule has 0 spiro atoms. The van der Waals surface area contributed by atoms with Gasteiger partial charge in [-0.25, -0.2) is 0 Å². The van der Waals surface area contributed by atoms with E-state index in [0.29, 0.717) is 17.1 Å². The molecular formula is C18H18N2O3S. The maximum atomic E-state index is 12.3. The zero-order chi connectivity index (χ0) is 16.9. The molecular weight excluding hydrogens is 324 g/mol. The number of rotatable bonds is 5. The largest absolute Gasteiger partial charge is 0.482 e. The lowest BCUT2D eigenvalue weighted by atomic mass is 10.2. The first kappa shape index (κ1) is 16.4. The highest BCUT2D eigenvalue weighted by molar-refractivity contribution is 7.99. The predicted molar refractivity (Wildman–Crippen MR) is 96.4 cm³/mol. The molecule has 0 saturated carbocycles. The molecule has 0 aliphatic carbocycles. The number of nitrogens with one attached hydrogen (secondary N) is 2. The number of ether oxygens (including phenoxy) is 1. The van der Waals surface area contributed by atoms with Crippen LogP contribution in [-0.4, -0.2) is 23.7 Å². The van der Waals surface area contributed by atoms with Gasteiger partial charge in [-0.1, -0.05) is 30.3 Å². The fourth-order valence-corrected chi connectivity index (χ4v) is 3.12. The molecule has 3 rings (SSSR count). The summed E-state index contributed by atoms with van der Waals surface area (Å²) in [6.45, 7) is 1.90. The summed E-state index contributed by atoms with van der Waals surface area (Å²) in [7, 11) is 0. The van der Waals surface area contributed by atoms with Gasteiger partial charge in [-0.3, -0.25) is 9.59 Å². The summed E-state index contributed by atoms with van der Waals surface area (Å²) in [5.41, 5.74) is 2.40. The average molecular weight is 342 g/mol. The van der Waals surface area contributed by atoms with Gasteiger partial charge >= 0.3 is 0 Å². The van der Waals surface area contributed by atoms with E-state index in [2.05, 4.69) is 10.6 Å². The van der Waals surface area contributed by atoms with Crippen LogP contribution < -0.4 is 15.4 Å². The molecule has 0 radical (unpaired) electrons. The lowest BCUT2D eigenvalue weighted by molar-refractivity contribution is -0.118. The first-order valence-corrected chi connectivity index (χ1v) is 8.70. The Labute approximate surface area is 144 Å². The number of carbonyl (C=O) groups excluding carboxylic acids is 2. The van der Waals surface area contributed by atoms with Crippen molar-refractivity contribution in [2.45, 2.75) is 17.9 Å². The number of thioether (sulfide) groups is 1. The number of fused-ring (bicyclic) bond motifs is 1. The molecule has 0 bridgehead atoms. The zero-order valence-corrected chi connectivity index (χ0v) is 14.1. The van der Waals surface area contributed by atoms with Crippen LogP contribution in [0.3, 0.4) is 0 Å². The third-order valence-electron chi connectivity index (χ3n) is 3.59. The SMILES string of the molecule is CC(SCc1ccccc1)C(=O)Nc1ccc2c(c1)NC(=O)CO2. The van der Waals surface area contributed by atoms with E-state index in [1.165, 1.54) is 5.56 Å². The molecule has 0 saturated heterocycles. The van der Waals surface area contributed by atoms with Crippen molar-refractivity contribution in [2.75, 3.05) is 17.2 Å². The number of hydrogen-bond donors (Lipinski definition) is 2. The summed E-state index contributed by atoms with van der Waals surface area (Å²) in [6.07, 6.45) is 0. The van der Waals surface area contributed by atoms with Gasteiger partial charge in [-0.15, -0.1) is 11.8 Å². The topological polar surface area (TPSA) is 67.4 Å². The van der Waals surface area contributed by atoms with Crippen LogP contribution in [0.15, 0.2) is 48.5 Å². The summed E-state index contributed by atoms with van der Waals surface area (Å²) in [5, 5.41) is 5.42. The molecule has 1 aliphatic rings. The molecule has 2 N–H and O–H groups in total. The van der Waals surface area contributed by atoms with Gasteiger partial charge in [0.15, 0.2) is 6.61 Å². The van der Waals surface area contributed by atoms with Crippen molar-refractivity contribution in [1.82, 2.24) is 0 Å². The second kappa shape index (κ2) is 7.40. The van der Waals surface area contributed by atoms with Gasteiger partial charge in [0.1, 0.15) is 5.75 Å². The van der Waals surface area contributed by atoms with Crippen LogP contribution in [-0.2, 0) is 15.3 Å². The van der Waals surface area contributed by atoms with E-state index in [0.717, 1.165) is 5.75 Å². The number of anilines is 2. The maximum Gasteiger partial charge on any atom is 0.262 e. The Bertz CT molecular complexity index is 749. The molecule has 24 heavy (non-hydrogen) atoms. The smallest absolute Gasteiger partial charge is 0.262 e. The lowest BCUT2D eigenvalue weighted by Gasteiger charge is -2.19. The minimum atomic E-state index is -0.197. The standard InChI is InChI=1S/C18H18N2O3S/c1-12(24-11-13-5-3-2-4-6-13)18(22)19-14-7-8-16-15(9-14)20-17(21)10-23-16/h2-9,12H,10-11H2,1H3,(H,19,22)(H,20,21). The van der Waals surface area contributed by atoms with Gasteiger partial charge in [-0.05, 0) is 30.7 Å². The summed E-state index contributed by atoms with van der Waals surface area (Å²) >= 11 is 1.58. The molecule has 1 heterocycles. The molecule has 5 nitrogen and oxygen atoms in total. The van der Waals surface area contributed by atoms with E-state index >= 15 is 0 Å². The normalized spacial score (nSPS) is 14.1. The van der Waals surface area contributed by atoms with Crippen LogP contribution in [0.2, 0.25) is 0 Å². The quantitative estimate of drug-likeness (QED) is 0.875. The van der Waals surface area contributed by atoms with E-state index in [4.69, 9.17) is 4.74 Å². The molecule has 6 heteroatoms. The molecule has 1 atom stereocenters. The van der Waals surface area contributed by atoms with Crippen LogP contribution in [0.1, 0.15) is 12.5 Å². The van der Waals surface area contributed by atoms with E-state index in [1.807, 2.05) is 37.3 Å². The Morgan fingerprint density at radius 1 is 1.29 bits per heavy atom. The van der Waals surface area contributed by atoms with Crippen molar-refractivity contribution >= 4 is 35.0 Å². The molecule has 2 amide bonds. The highest BCUT2D eigenvalue weighted by Crippen LogP contribution is 2.30. The first-order valence-electron chi connectivity index (χ1n) is 7.65. The fraction of sp³-hybridized carbons (Fsp3) is 0.222. The third-order valence-corrected chi connectivity index (χ3v) is 4.81. The number of benzene rings is 2.